The van der Waals surface area contributed by atoms with E-state index in [-0.39, 0.29) is 22.6 Å². The third-order valence-electron chi connectivity index (χ3n) is 4.69. The zero-order valence-corrected chi connectivity index (χ0v) is 13.8. The minimum absolute atomic E-state index is 0.0294. The first-order valence-electron chi connectivity index (χ1n) is 7.82. The molecule has 2 atom stereocenters. The minimum Gasteiger partial charge on any atom is -0.493 e. The van der Waals surface area contributed by atoms with Crippen LogP contribution in [0, 0.1) is 11.6 Å². The highest BCUT2D eigenvalue weighted by atomic mass is 35.5. The van der Waals surface area contributed by atoms with Gasteiger partial charge in [0.2, 0.25) is 0 Å². The van der Waals surface area contributed by atoms with Crippen LogP contribution in [-0.2, 0) is 0 Å². The van der Waals surface area contributed by atoms with Gasteiger partial charge in [0.1, 0.15) is 17.7 Å². The number of rotatable bonds is 2. The van der Waals surface area contributed by atoms with Gasteiger partial charge in [-0.1, -0.05) is 11.6 Å². The van der Waals surface area contributed by atoms with Crippen LogP contribution in [0.3, 0.4) is 0 Å². The molecule has 0 unspecified atom stereocenters. The summed E-state index contributed by atoms with van der Waals surface area (Å²) in [7, 11) is 1.53. The highest BCUT2D eigenvalue weighted by Gasteiger charge is 2.38. The maximum atomic E-state index is 14.3. The largest absolute Gasteiger partial charge is 0.493 e. The predicted octanol–water partition coefficient (Wildman–Crippen LogP) is 4.13. The van der Waals surface area contributed by atoms with Crippen molar-refractivity contribution in [3.05, 3.63) is 46.5 Å². The molecule has 2 heterocycles. The smallest absolute Gasteiger partial charge is 0.165 e. The number of fused-ring (bicyclic) bond motifs is 3. The molecule has 0 spiro atoms. The summed E-state index contributed by atoms with van der Waals surface area (Å²) in [4.78, 5) is 0. The fourth-order valence-corrected chi connectivity index (χ4v) is 3.77. The maximum Gasteiger partial charge on any atom is 0.165 e. The van der Waals surface area contributed by atoms with E-state index in [1.165, 1.54) is 7.11 Å². The minimum atomic E-state index is -0.695. The lowest BCUT2D eigenvalue weighted by molar-refractivity contribution is 0.168. The molecule has 1 fully saturated rings. The first-order valence-corrected chi connectivity index (χ1v) is 8.20. The lowest BCUT2D eigenvalue weighted by Crippen LogP contribution is -2.37. The van der Waals surface area contributed by atoms with Crippen LogP contribution < -0.4 is 14.8 Å². The van der Waals surface area contributed by atoms with E-state index in [2.05, 4.69) is 5.32 Å². The van der Waals surface area contributed by atoms with Gasteiger partial charge in [-0.15, -0.1) is 0 Å². The van der Waals surface area contributed by atoms with Gasteiger partial charge in [-0.2, -0.15) is 0 Å². The van der Waals surface area contributed by atoms with Crippen molar-refractivity contribution in [1.82, 2.24) is 5.32 Å². The first kappa shape index (κ1) is 15.7. The SMILES string of the molecule is COc1cc(-c2c(F)cc(Cl)cc2F)cc2c1O[C@H]1CCNC[C@@H]21. The summed E-state index contributed by atoms with van der Waals surface area (Å²) in [6.07, 6.45) is 0.965. The van der Waals surface area contributed by atoms with Gasteiger partial charge in [-0.25, -0.2) is 8.78 Å². The summed E-state index contributed by atoms with van der Waals surface area (Å²) in [5.74, 6) is -0.0696. The predicted molar refractivity (Wildman–Crippen MR) is 88.0 cm³/mol. The Morgan fingerprint density at radius 1 is 1.21 bits per heavy atom. The highest BCUT2D eigenvalue weighted by Crippen LogP contribution is 2.48. The molecule has 2 aliphatic heterocycles. The number of hydrogen-bond donors (Lipinski definition) is 1. The van der Waals surface area contributed by atoms with E-state index in [9.17, 15) is 8.78 Å². The second-order valence-corrected chi connectivity index (χ2v) is 6.53. The molecule has 2 aromatic carbocycles. The molecule has 0 bridgehead atoms. The second-order valence-electron chi connectivity index (χ2n) is 6.10. The molecule has 126 valence electrons. The van der Waals surface area contributed by atoms with Crippen molar-refractivity contribution in [2.45, 2.75) is 18.4 Å². The number of halogens is 3. The molecule has 24 heavy (non-hydrogen) atoms. The number of benzene rings is 2. The molecule has 0 saturated carbocycles. The van der Waals surface area contributed by atoms with Gasteiger partial charge in [0.05, 0.1) is 12.7 Å². The van der Waals surface area contributed by atoms with Gasteiger partial charge in [0, 0.05) is 23.0 Å². The number of ether oxygens (including phenoxy) is 2. The Labute approximate surface area is 143 Å². The van der Waals surface area contributed by atoms with Crippen LogP contribution in [0.2, 0.25) is 5.02 Å². The van der Waals surface area contributed by atoms with Crippen LogP contribution in [-0.4, -0.2) is 26.3 Å². The van der Waals surface area contributed by atoms with Crippen molar-refractivity contribution >= 4 is 11.6 Å². The van der Waals surface area contributed by atoms with Crippen LogP contribution >= 0.6 is 11.6 Å². The van der Waals surface area contributed by atoms with Gasteiger partial charge in [-0.05, 0) is 42.8 Å². The molecular formula is C18H16ClF2NO2. The van der Waals surface area contributed by atoms with Gasteiger partial charge in [-0.3, -0.25) is 0 Å². The van der Waals surface area contributed by atoms with Crippen LogP contribution in [0.15, 0.2) is 24.3 Å². The summed E-state index contributed by atoms with van der Waals surface area (Å²) in [5, 5.41) is 3.37. The Bertz CT molecular complexity index is 789. The Morgan fingerprint density at radius 2 is 1.96 bits per heavy atom. The highest BCUT2D eigenvalue weighted by molar-refractivity contribution is 6.30. The zero-order chi connectivity index (χ0) is 16.8. The molecule has 2 aliphatic rings. The van der Waals surface area contributed by atoms with Crippen molar-refractivity contribution < 1.29 is 18.3 Å². The molecule has 0 radical (unpaired) electrons. The standard InChI is InChI=1S/C18H16ClF2NO2/c1-23-16-5-9(17-13(20)6-10(19)7-14(17)21)4-11-12-8-22-3-2-15(12)24-18(11)16/h4-7,12,15,22H,2-3,8H2,1H3/t12-,15-/m0/s1. The molecule has 0 aliphatic carbocycles. The molecule has 3 nitrogen and oxygen atoms in total. The van der Waals surface area contributed by atoms with Crippen molar-refractivity contribution in [2.75, 3.05) is 20.2 Å². The number of piperidine rings is 1. The quantitative estimate of drug-likeness (QED) is 0.882. The van der Waals surface area contributed by atoms with E-state index in [0.717, 1.165) is 37.2 Å². The fraction of sp³-hybridized carbons (Fsp3) is 0.333. The normalized spacial score (nSPS) is 21.8. The van der Waals surface area contributed by atoms with Gasteiger partial charge in [0.25, 0.3) is 0 Å². The monoisotopic (exact) mass is 351 g/mol. The van der Waals surface area contributed by atoms with Crippen LogP contribution in [0.5, 0.6) is 11.5 Å². The molecule has 1 N–H and O–H groups in total. The summed E-state index contributed by atoms with van der Waals surface area (Å²) < 4.78 is 40.1. The Kier molecular flexibility index (Phi) is 3.85. The Morgan fingerprint density at radius 3 is 2.67 bits per heavy atom. The fourth-order valence-electron chi connectivity index (χ4n) is 3.58. The zero-order valence-electron chi connectivity index (χ0n) is 13.0. The van der Waals surface area contributed by atoms with Crippen molar-refractivity contribution in [3.63, 3.8) is 0 Å². The van der Waals surface area contributed by atoms with Gasteiger partial charge in [0.15, 0.2) is 11.5 Å². The van der Waals surface area contributed by atoms with Crippen LogP contribution in [0.1, 0.15) is 17.9 Å². The third-order valence-corrected chi connectivity index (χ3v) is 4.90. The van der Waals surface area contributed by atoms with Gasteiger partial charge >= 0.3 is 0 Å². The topological polar surface area (TPSA) is 30.5 Å². The first-order chi connectivity index (χ1) is 11.6. The molecule has 1 saturated heterocycles. The lowest BCUT2D eigenvalue weighted by Gasteiger charge is -2.24. The Balaban J connectivity index is 1.88. The molecule has 2 aromatic rings. The van der Waals surface area contributed by atoms with Crippen molar-refractivity contribution in [2.24, 2.45) is 0 Å². The van der Waals surface area contributed by atoms with E-state index >= 15 is 0 Å². The third kappa shape index (κ3) is 2.43. The molecule has 0 amide bonds. The average Bonchev–Trinajstić information content (AvgIpc) is 2.92. The maximum absolute atomic E-state index is 14.3. The van der Waals surface area contributed by atoms with Crippen molar-refractivity contribution in [1.29, 1.82) is 0 Å². The number of methoxy groups -OCH3 is 1. The molecule has 4 rings (SSSR count). The van der Waals surface area contributed by atoms with E-state index in [1.54, 1.807) is 12.1 Å². The van der Waals surface area contributed by atoms with Crippen LogP contribution in [0.25, 0.3) is 11.1 Å². The Hall–Kier alpha value is -1.85. The van der Waals surface area contributed by atoms with E-state index in [4.69, 9.17) is 21.1 Å². The second kappa shape index (κ2) is 5.90. The van der Waals surface area contributed by atoms with Gasteiger partial charge < -0.3 is 14.8 Å². The molecular weight excluding hydrogens is 336 g/mol. The van der Waals surface area contributed by atoms with E-state index in [0.29, 0.717) is 17.1 Å². The number of hydrogen-bond acceptors (Lipinski definition) is 3. The summed E-state index contributed by atoms with van der Waals surface area (Å²) >= 11 is 5.72. The van der Waals surface area contributed by atoms with E-state index < -0.39 is 11.6 Å². The van der Waals surface area contributed by atoms with Crippen molar-refractivity contribution in [3.8, 4) is 22.6 Å². The summed E-state index contributed by atoms with van der Waals surface area (Å²) in [5.41, 5.74) is 1.25. The average molecular weight is 352 g/mol. The molecule has 6 heteroatoms. The lowest BCUT2D eigenvalue weighted by atomic mass is 9.89. The molecule has 0 aromatic heterocycles. The number of nitrogens with one attached hydrogen (secondary N) is 1. The van der Waals surface area contributed by atoms with E-state index in [1.807, 2.05) is 0 Å². The van der Waals surface area contributed by atoms with Crippen LogP contribution in [0.4, 0.5) is 8.78 Å². The summed E-state index contributed by atoms with van der Waals surface area (Å²) in [6.45, 7) is 1.67. The summed E-state index contributed by atoms with van der Waals surface area (Å²) in [6, 6.07) is 5.63.